The molecule has 2 rings (SSSR count). The van der Waals surface area contributed by atoms with Crippen LogP contribution >= 0.6 is 15.9 Å². The molecule has 2 aromatic carbocycles. The second-order valence-corrected chi connectivity index (χ2v) is 5.82. The summed E-state index contributed by atoms with van der Waals surface area (Å²) >= 11 is 3.48. The quantitative estimate of drug-likeness (QED) is 0.634. The number of rotatable bonds is 5. The molecular formula is C17H17BrF2O. The summed E-state index contributed by atoms with van der Waals surface area (Å²) in [6.45, 7) is 2.01. The van der Waals surface area contributed by atoms with E-state index in [0.717, 1.165) is 12.0 Å². The molecule has 0 bridgehead atoms. The fourth-order valence-electron chi connectivity index (χ4n) is 2.46. The molecule has 2 atom stereocenters. The molecular weight excluding hydrogens is 338 g/mol. The van der Waals surface area contributed by atoms with Crippen LogP contribution in [0.3, 0.4) is 0 Å². The number of benzene rings is 2. The molecule has 1 nitrogen and oxygen atoms in total. The number of hydrogen-bond acceptors (Lipinski definition) is 1. The second-order valence-electron chi connectivity index (χ2n) is 4.83. The largest absolute Gasteiger partial charge is 0.497 e. The van der Waals surface area contributed by atoms with Gasteiger partial charge in [-0.3, -0.25) is 0 Å². The van der Waals surface area contributed by atoms with Crippen LogP contribution in [0.15, 0.2) is 42.5 Å². The Morgan fingerprint density at radius 3 is 2.14 bits per heavy atom. The van der Waals surface area contributed by atoms with Crippen LogP contribution in [-0.2, 0) is 0 Å². The van der Waals surface area contributed by atoms with Gasteiger partial charge in [0.2, 0.25) is 0 Å². The molecule has 2 aromatic rings. The molecule has 0 spiro atoms. The van der Waals surface area contributed by atoms with Gasteiger partial charge in [-0.05, 0) is 12.0 Å². The van der Waals surface area contributed by atoms with Crippen molar-refractivity contribution in [1.82, 2.24) is 0 Å². The molecule has 2 unspecified atom stereocenters. The molecule has 0 fully saturated rings. The zero-order chi connectivity index (χ0) is 15.4. The maximum Gasteiger partial charge on any atom is 0.134 e. The van der Waals surface area contributed by atoms with Crippen LogP contribution in [0.1, 0.15) is 35.2 Å². The predicted molar refractivity (Wildman–Crippen MR) is 84.1 cm³/mol. The third-order valence-electron chi connectivity index (χ3n) is 3.58. The van der Waals surface area contributed by atoms with Crippen LogP contribution in [-0.4, -0.2) is 7.11 Å². The Balaban J connectivity index is 2.41. The minimum Gasteiger partial charge on any atom is -0.497 e. The van der Waals surface area contributed by atoms with Crippen molar-refractivity contribution in [2.45, 2.75) is 24.1 Å². The first-order valence-electron chi connectivity index (χ1n) is 6.80. The molecule has 0 amide bonds. The van der Waals surface area contributed by atoms with Crippen molar-refractivity contribution in [3.8, 4) is 5.75 Å². The number of halogens is 3. The van der Waals surface area contributed by atoms with Crippen molar-refractivity contribution in [1.29, 1.82) is 0 Å². The molecule has 0 aliphatic heterocycles. The van der Waals surface area contributed by atoms with E-state index in [1.165, 1.54) is 19.2 Å². The normalized spacial score (nSPS) is 13.8. The molecule has 0 radical (unpaired) electrons. The molecule has 0 aliphatic carbocycles. The zero-order valence-electron chi connectivity index (χ0n) is 11.9. The van der Waals surface area contributed by atoms with Gasteiger partial charge in [-0.15, -0.1) is 0 Å². The summed E-state index contributed by atoms with van der Waals surface area (Å²) in [7, 11) is 1.39. The highest BCUT2D eigenvalue weighted by atomic mass is 79.9. The lowest BCUT2D eigenvalue weighted by Gasteiger charge is -2.23. The Kier molecular flexibility index (Phi) is 5.34. The van der Waals surface area contributed by atoms with Gasteiger partial charge in [-0.25, -0.2) is 8.78 Å². The molecule has 0 aliphatic rings. The van der Waals surface area contributed by atoms with E-state index in [4.69, 9.17) is 4.74 Å². The molecule has 0 saturated carbocycles. The highest BCUT2D eigenvalue weighted by molar-refractivity contribution is 9.09. The lowest BCUT2D eigenvalue weighted by Crippen LogP contribution is -2.09. The van der Waals surface area contributed by atoms with Crippen molar-refractivity contribution in [2.24, 2.45) is 0 Å². The van der Waals surface area contributed by atoms with E-state index in [1.807, 2.05) is 37.3 Å². The van der Waals surface area contributed by atoms with Crippen molar-refractivity contribution < 1.29 is 13.5 Å². The summed E-state index contributed by atoms with van der Waals surface area (Å²) in [5.41, 5.74) is 1.10. The molecule has 0 heterocycles. The second kappa shape index (κ2) is 7.03. The molecule has 0 saturated heterocycles. The van der Waals surface area contributed by atoms with E-state index in [9.17, 15) is 8.78 Å². The Bertz CT molecular complexity index is 578. The van der Waals surface area contributed by atoms with E-state index >= 15 is 0 Å². The minimum atomic E-state index is -0.594. The Morgan fingerprint density at radius 2 is 1.67 bits per heavy atom. The zero-order valence-corrected chi connectivity index (χ0v) is 13.5. The smallest absolute Gasteiger partial charge is 0.134 e. The summed E-state index contributed by atoms with van der Waals surface area (Å²) in [6.07, 6.45) is 0.769. The topological polar surface area (TPSA) is 9.23 Å². The summed E-state index contributed by atoms with van der Waals surface area (Å²) < 4.78 is 33.3. The van der Waals surface area contributed by atoms with E-state index in [2.05, 4.69) is 15.9 Å². The first kappa shape index (κ1) is 16.0. The van der Waals surface area contributed by atoms with Crippen LogP contribution in [0.4, 0.5) is 8.78 Å². The monoisotopic (exact) mass is 354 g/mol. The maximum atomic E-state index is 14.2. The average Bonchev–Trinajstić information content (AvgIpc) is 2.48. The van der Waals surface area contributed by atoms with Crippen LogP contribution in [0.2, 0.25) is 0 Å². The highest BCUT2D eigenvalue weighted by Gasteiger charge is 2.27. The maximum absolute atomic E-state index is 14.2. The van der Waals surface area contributed by atoms with Gasteiger partial charge >= 0.3 is 0 Å². The van der Waals surface area contributed by atoms with Crippen molar-refractivity contribution in [3.63, 3.8) is 0 Å². The molecule has 4 heteroatoms. The fraction of sp³-hybridized carbons (Fsp3) is 0.294. The van der Waals surface area contributed by atoms with Gasteiger partial charge in [0.15, 0.2) is 0 Å². The lowest BCUT2D eigenvalue weighted by molar-refractivity contribution is 0.404. The number of hydrogen-bond donors (Lipinski definition) is 0. The van der Waals surface area contributed by atoms with Crippen molar-refractivity contribution in [3.05, 3.63) is 65.2 Å². The Hall–Kier alpha value is -1.42. The van der Waals surface area contributed by atoms with E-state index in [0.29, 0.717) is 0 Å². The first-order valence-corrected chi connectivity index (χ1v) is 7.72. The Morgan fingerprint density at radius 1 is 1.10 bits per heavy atom. The molecule has 112 valence electrons. The summed E-state index contributed by atoms with van der Waals surface area (Å²) in [5, 5.41) is 0. The van der Waals surface area contributed by atoms with E-state index in [-0.39, 0.29) is 17.2 Å². The lowest BCUT2D eigenvalue weighted by atomic mass is 9.89. The number of methoxy groups -OCH3 is 1. The van der Waals surface area contributed by atoms with Crippen LogP contribution in [0.5, 0.6) is 5.75 Å². The van der Waals surface area contributed by atoms with E-state index < -0.39 is 16.5 Å². The number of ether oxygens (including phenoxy) is 1. The van der Waals surface area contributed by atoms with Crippen molar-refractivity contribution in [2.75, 3.05) is 7.11 Å². The van der Waals surface area contributed by atoms with Gasteiger partial charge in [0.1, 0.15) is 17.4 Å². The summed E-state index contributed by atoms with van der Waals surface area (Å²) in [5.74, 6) is -1.02. The number of alkyl halides is 1. The summed E-state index contributed by atoms with van der Waals surface area (Å²) in [4.78, 5) is -0.434. The van der Waals surface area contributed by atoms with Crippen LogP contribution < -0.4 is 4.74 Å². The van der Waals surface area contributed by atoms with E-state index in [1.54, 1.807) is 0 Å². The third kappa shape index (κ3) is 3.43. The molecule has 0 aromatic heterocycles. The van der Waals surface area contributed by atoms with Gasteiger partial charge in [0.05, 0.1) is 11.9 Å². The van der Waals surface area contributed by atoms with Gasteiger partial charge in [0.25, 0.3) is 0 Å². The van der Waals surface area contributed by atoms with Crippen molar-refractivity contribution >= 4 is 15.9 Å². The Labute approximate surface area is 132 Å². The third-order valence-corrected chi connectivity index (χ3v) is 4.68. The first-order chi connectivity index (χ1) is 10.1. The van der Waals surface area contributed by atoms with Gasteiger partial charge < -0.3 is 4.74 Å². The van der Waals surface area contributed by atoms with Gasteiger partial charge in [-0.2, -0.15) is 0 Å². The van der Waals surface area contributed by atoms with Crippen LogP contribution in [0, 0.1) is 11.6 Å². The SMILES string of the molecule is CCC(c1ccccc1)C(Br)c1c(F)cc(OC)cc1F. The summed E-state index contributed by atoms with van der Waals surface area (Å²) in [6, 6.07) is 12.2. The fourth-order valence-corrected chi connectivity index (χ4v) is 3.57. The predicted octanol–water partition coefficient (Wildman–Crippen LogP) is 5.60. The van der Waals surface area contributed by atoms with Gasteiger partial charge in [0, 0.05) is 23.6 Å². The standard InChI is InChI=1S/C17H17BrF2O/c1-3-13(11-7-5-4-6-8-11)17(18)16-14(19)9-12(21-2)10-15(16)20/h4-10,13,17H,3H2,1-2H3. The highest BCUT2D eigenvalue weighted by Crippen LogP contribution is 2.42. The molecule has 0 N–H and O–H groups in total. The molecule has 21 heavy (non-hydrogen) atoms. The minimum absolute atomic E-state index is 0.0106. The van der Waals surface area contributed by atoms with Gasteiger partial charge in [-0.1, -0.05) is 53.2 Å². The van der Waals surface area contributed by atoms with Crippen LogP contribution in [0.25, 0.3) is 0 Å². The average molecular weight is 355 g/mol.